The number of nitrogens with one attached hydrogen (secondary N) is 1. The first-order valence-electron chi connectivity index (χ1n) is 9.80. The number of nitrogens with two attached hydrogens (primary N) is 1. The van der Waals surface area contributed by atoms with E-state index in [0.29, 0.717) is 24.5 Å². The molecule has 31 heavy (non-hydrogen) atoms. The number of aromatic nitrogens is 2. The molecule has 4 rings (SSSR count). The molecule has 12 heteroatoms. The Labute approximate surface area is 188 Å². The summed E-state index contributed by atoms with van der Waals surface area (Å²) in [6, 6.07) is 3.53. The van der Waals surface area contributed by atoms with Crippen LogP contribution in [0, 0.1) is 0 Å². The Morgan fingerprint density at radius 1 is 1.10 bits per heavy atom. The Kier molecular flexibility index (Phi) is 6.50. The van der Waals surface area contributed by atoms with Gasteiger partial charge >= 0.3 is 6.18 Å². The summed E-state index contributed by atoms with van der Waals surface area (Å²) in [5.74, 6) is 0.535. The molecule has 0 spiro atoms. The first-order chi connectivity index (χ1) is 14.7. The molecule has 7 nitrogen and oxygen atoms in total. The van der Waals surface area contributed by atoms with Gasteiger partial charge in [0, 0.05) is 62.7 Å². The average molecular weight is 474 g/mol. The van der Waals surface area contributed by atoms with Crippen LogP contribution in [0.25, 0.3) is 0 Å². The van der Waals surface area contributed by atoms with Gasteiger partial charge in [-0.25, -0.2) is 18.6 Å². The number of piperazine rings is 1. The van der Waals surface area contributed by atoms with Crippen molar-refractivity contribution in [2.24, 2.45) is 0 Å². The fourth-order valence-electron chi connectivity index (χ4n) is 3.60. The zero-order chi connectivity index (χ0) is 22.2. The van der Waals surface area contributed by atoms with Crippen LogP contribution >= 0.6 is 23.7 Å². The van der Waals surface area contributed by atoms with Crippen LogP contribution in [0.4, 0.5) is 24.7 Å². The van der Waals surface area contributed by atoms with E-state index in [4.69, 9.17) is 17.3 Å². The topological polar surface area (TPSA) is 73.5 Å². The molecule has 3 N–H and O–H groups in total. The predicted molar refractivity (Wildman–Crippen MR) is 116 cm³/mol. The van der Waals surface area contributed by atoms with Gasteiger partial charge in [-0.1, -0.05) is 0 Å². The van der Waals surface area contributed by atoms with Crippen LogP contribution in [-0.2, 0) is 25.8 Å². The van der Waals surface area contributed by atoms with E-state index in [9.17, 15) is 13.2 Å². The van der Waals surface area contributed by atoms with E-state index in [2.05, 4.69) is 35.8 Å². The van der Waals surface area contributed by atoms with Crippen LogP contribution in [0.3, 0.4) is 0 Å². The average Bonchev–Trinajstić information content (AvgIpc) is 3.09. The second kappa shape index (κ2) is 8.99. The van der Waals surface area contributed by atoms with Gasteiger partial charge in [0.15, 0.2) is 0 Å². The van der Waals surface area contributed by atoms with Gasteiger partial charge in [0.25, 0.3) is 0 Å². The van der Waals surface area contributed by atoms with Gasteiger partial charge in [-0.05, 0) is 42.4 Å². The fraction of sp³-hybridized carbons (Fsp3) is 0.474. The number of alkyl halides is 3. The molecule has 2 aromatic rings. The molecule has 0 amide bonds. The number of hydrogen-bond donors (Lipinski definition) is 2. The van der Waals surface area contributed by atoms with Gasteiger partial charge in [0.2, 0.25) is 5.28 Å². The van der Waals surface area contributed by atoms with Crippen molar-refractivity contribution in [3.63, 3.8) is 0 Å². The molecule has 168 valence electrons. The van der Waals surface area contributed by atoms with E-state index in [0.717, 1.165) is 49.6 Å². The van der Waals surface area contributed by atoms with Gasteiger partial charge in [-0.2, -0.15) is 13.2 Å². The lowest BCUT2D eigenvalue weighted by atomic mass is 10.1. The molecule has 1 saturated heterocycles. The Hall–Kier alpha value is -1.79. The highest BCUT2D eigenvalue weighted by Gasteiger charge is 2.31. The normalized spacial score (nSPS) is 18.4. The number of anilines is 2. The number of benzene rings is 1. The highest BCUT2D eigenvalue weighted by Crippen LogP contribution is 2.35. The summed E-state index contributed by atoms with van der Waals surface area (Å²) in [5.41, 5.74) is 7.10. The van der Waals surface area contributed by atoms with Crippen molar-refractivity contribution in [2.45, 2.75) is 25.8 Å². The molecule has 0 aliphatic carbocycles. The molecule has 1 aromatic carbocycles. The van der Waals surface area contributed by atoms with Crippen LogP contribution in [-0.4, -0.2) is 56.7 Å². The quantitative estimate of drug-likeness (QED) is 0.388. The summed E-state index contributed by atoms with van der Waals surface area (Å²) in [6.07, 6.45) is -4.45. The molecule has 0 radical (unpaired) electrons. The van der Waals surface area contributed by atoms with E-state index >= 15 is 0 Å². The van der Waals surface area contributed by atoms with Crippen molar-refractivity contribution in [1.82, 2.24) is 23.5 Å². The maximum atomic E-state index is 13.1. The highest BCUT2D eigenvalue weighted by atomic mass is 35.5. The number of fused-ring (bicyclic) bond motifs is 1. The molecule has 0 atom stereocenters. The summed E-state index contributed by atoms with van der Waals surface area (Å²) in [6.45, 7) is 5.37. The Morgan fingerprint density at radius 3 is 2.55 bits per heavy atom. The Balaban J connectivity index is 1.45. The zero-order valence-electron chi connectivity index (χ0n) is 16.9. The van der Waals surface area contributed by atoms with Crippen molar-refractivity contribution >= 4 is 35.2 Å². The minimum atomic E-state index is -4.45. The summed E-state index contributed by atoms with van der Waals surface area (Å²) < 4.78 is 43.7. The van der Waals surface area contributed by atoms with Crippen molar-refractivity contribution in [3.05, 3.63) is 45.9 Å². The maximum Gasteiger partial charge on any atom is 0.416 e. The first-order valence-corrected chi connectivity index (χ1v) is 10.9. The SMILES string of the molecule is CN1CCN(SN2Cc3nc(Cl)nc(NCc4cc(N)cc(C(F)(F)F)c4)c3C2)CC1. The van der Waals surface area contributed by atoms with Crippen LogP contribution < -0.4 is 11.1 Å². The van der Waals surface area contributed by atoms with Crippen LogP contribution in [0.5, 0.6) is 0 Å². The highest BCUT2D eigenvalue weighted by molar-refractivity contribution is 7.94. The smallest absolute Gasteiger partial charge is 0.399 e. The van der Waals surface area contributed by atoms with Gasteiger partial charge in [0.05, 0.1) is 17.8 Å². The van der Waals surface area contributed by atoms with E-state index in [1.165, 1.54) is 6.07 Å². The van der Waals surface area contributed by atoms with Crippen molar-refractivity contribution in [1.29, 1.82) is 0 Å². The Morgan fingerprint density at radius 2 is 1.84 bits per heavy atom. The molecule has 2 aliphatic rings. The van der Waals surface area contributed by atoms with E-state index in [1.54, 1.807) is 12.1 Å². The lowest BCUT2D eigenvalue weighted by molar-refractivity contribution is -0.137. The summed E-state index contributed by atoms with van der Waals surface area (Å²) in [7, 11) is 2.11. The number of nitrogens with zero attached hydrogens (tertiary/aromatic N) is 5. The number of likely N-dealkylation sites (N-methyl/N-ethyl adjacent to an activating group) is 1. The first kappa shape index (κ1) is 22.4. The second-order valence-electron chi connectivity index (χ2n) is 7.69. The van der Waals surface area contributed by atoms with Crippen molar-refractivity contribution < 1.29 is 13.2 Å². The molecular formula is C19H23ClF3N7S. The number of rotatable bonds is 5. The lowest BCUT2D eigenvalue weighted by Gasteiger charge is -2.33. The third-order valence-corrected chi connectivity index (χ3v) is 6.48. The predicted octanol–water partition coefficient (Wildman–Crippen LogP) is 3.47. The fourth-order valence-corrected chi connectivity index (χ4v) is 4.81. The van der Waals surface area contributed by atoms with E-state index in [1.807, 2.05) is 0 Å². The van der Waals surface area contributed by atoms with Gasteiger partial charge in [-0.3, -0.25) is 0 Å². The van der Waals surface area contributed by atoms with E-state index < -0.39 is 11.7 Å². The van der Waals surface area contributed by atoms with Gasteiger partial charge < -0.3 is 16.0 Å². The standard InChI is InChI=1S/C19H23ClF3N7S/c1-28-2-4-29(5-3-28)31-30-10-15-16(11-30)26-18(20)27-17(15)25-9-12-6-13(19(21,22)23)8-14(24)7-12/h6-8H,2-5,9-11,24H2,1H3,(H,25,26,27). The summed E-state index contributed by atoms with van der Waals surface area (Å²) in [5, 5.41) is 3.23. The molecule has 2 aliphatic heterocycles. The third kappa shape index (κ3) is 5.53. The molecule has 1 aromatic heterocycles. The minimum Gasteiger partial charge on any atom is -0.399 e. The molecule has 1 fully saturated rings. The molecule has 0 saturated carbocycles. The summed E-state index contributed by atoms with van der Waals surface area (Å²) in [4.78, 5) is 10.9. The van der Waals surface area contributed by atoms with Gasteiger partial charge in [0.1, 0.15) is 5.82 Å². The Bertz CT molecular complexity index is 951. The van der Waals surface area contributed by atoms with Crippen LogP contribution in [0.15, 0.2) is 18.2 Å². The number of halogens is 4. The van der Waals surface area contributed by atoms with Gasteiger partial charge in [-0.15, -0.1) is 0 Å². The second-order valence-corrected chi connectivity index (χ2v) is 9.23. The van der Waals surface area contributed by atoms with E-state index in [-0.39, 0.29) is 17.5 Å². The number of nitrogen functional groups attached to an aromatic ring is 1. The third-order valence-electron chi connectivity index (χ3n) is 5.22. The van der Waals surface area contributed by atoms with Crippen LogP contribution in [0.2, 0.25) is 5.28 Å². The van der Waals surface area contributed by atoms with Crippen molar-refractivity contribution in [2.75, 3.05) is 44.3 Å². The number of hydrogen-bond acceptors (Lipinski definition) is 8. The molecule has 0 unspecified atom stereocenters. The monoisotopic (exact) mass is 473 g/mol. The zero-order valence-corrected chi connectivity index (χ0v) is 18.5. The molecular weight excluding hydrogens is 451 g/mol. The van der Waals surface area contributed by atoms with Crippen molar-refractivity contribution in [3.8, 4) is 0 Å². The molecule has 0 bridgehead atoms. The maximum absolute atomic E-state index is 13.1. The lowest BCUT2D eigenvalue weighted by Crippen LogP contribution is -2.42. The largest absolute Gasteiger partial charge is 0.416 e. The minimum absolute atomic E-state index is 0.0623. The summed E-state index contributed by atoms with van der Waals surface area (Å²) >= 11 is 7.79. The molecule has 3 heterocycles. The van der Waals surface area contributed by atoms with Crippen LogP contribution in [0.1, 0.15) is 22.4 Å².